The third kappa shape index (κ3) is 2.78. The molecular formula is C10H8BrNO3. The highest BCUT2D eigenvalue weighted by atomic mass is 79.9. The van der Waals surface area contributed by atoms with Gasteiger partial charge in [0.15, 0.2) is 0 Å². The number of nitrogens with zero attached hydrogens (tertiary/aromatic N) is 1. The quantitative estimate of drug-likeness (QED) is 0.870. The Morgan fingerprint density at radius 3 is 2.67 bits per heavy atom. The van der Waals surface area contributed by atoms with Gasteiger partial charge in [-0.1, -0.05) is 15.9 Å². The molecule has 0 aliphatic rings. The van der Waals surface area contributed by atoms with E-state index in [1.54, 1.807) is 12.1 Å². The zero-order valence-electron chi connectivity index (χ0n) is 7.70. The first-order valence-electron chi connectivity index (χ1n) is 4.12. The molecule has 1 aromatic carbocycles. The van der Waals surface area contributed by atoms with E-state index in [0.29, 0.717) is 21.2 Å². The van der Waals surface area contributed by atoms with Gasteiger partial charge in [-0.05, 0) is 23.3 Å². The highest BCUT2D eigenvalue weighted by Gasteiger charge is 2.11. The molecule has 2 N–H and O–H groups in total. The Kier molecular flexibility index (Phi) is 3.83. The minimum Gasteiger partial charge on any atom is -0.481 e. The van der Waals surface area contributed by atoms with Gasteiger partial charge in [-0.15, -0.1) is 0 Å². The number of carbonyl (C=O) groups is 1. The monoisotopic (exact) mass is 269 g/mol. The molecular weight excluding hydrogens is 262 g/mol. The largest absolute Gasteiger partial charge is 0.481 e. The lowest BCUT2D eigenvalue weighted by Gasteiger charge is -2.07. The molecule has 0 radical (unpaired) electrons. The van der Waals surface area contributed by atoms with Gasteiger partial charge in [0.1, 0.15) is 0 Å². The van der Waals surface area contributed by atoms with Gasteiger partial charge in [-0.25, -0.2) is 0 Å². The summed E-state index contributed by atoms with van der Waals surface area (Å²) in [6, 6.07) is 5.07. The second kappa shape index (κ2) is 4.91. The second-order valence-corrected chi connectivity index (χ2v) is 3.85. The number of benzene rings is 1. The fourth-order valence-corrected chi connectivity index (χ4v) is 1.81. The van der Waals surface area contributed by atoms with Gasteiger partial charge in [-0.3, -0.25) is 4.79 Å². The van der Waals surface area contributed by atoms with Crippen molar-refractivity contribution in [1.82, 2.24) is 0 Å². The number of halogens is 1. The summed E-state index contributed by atoms with van der Waals surface area (Å²) in [5, 5.41) is 26.5. The van der Waals surface area contributed by atoms with Crippen LogP contribution in [0.2, 0.25) is 0 Å². The van der Waals surface area contributed by atoms with E-state index in [4.69, 9.17) is 15.5 Å². The number of aliphatic hydroxyl groups is 1. The van der Waals surface area contributed by atoms with Crippen molar-refractivity contribution < 1.29 is 15.0 Å². The molecule has 0 aliphatic heterocycles. The minimum absolute atomic E-state index is 0.204. The van der Waals surface area contributed by atoms with Gasteiger partial charge in [0.05, 0.1) is 24.7 Å². The van der Waals surface area contributed by atoms with Crippen LogP contribution in [0.3, 0.4) is 0 Å². The third-order valence-electron chi connectivity index (χ3n) is 1.93. The molecule has 5 heteroatoms. The number of carboxylic acid groups (broad SMARTS) is 1. The van der Waals surface area contributed by atoms with Gasteiger partial charge in [0.2, 0.25) is 0 Å². The van der Waals surface area contributed by atoms with Crippen molar-refractivity contribution in [2.24, 2.45) is 0 Å². The van der Waals surface area contributed by atoms with Crippen molar-refractivity contribution >= 4 is 21.9 Å². The summed E-state index contributed by atoms with van der Waals surface area (Å²) in [5.41, 5.74) is 1.13. The fourth-order valence-electron chi connectivity index (χ4n) is 1.30. The van der Waals surface area contributed by atoms with Crippen LogP contribution in [0.1, 0.15) is 16.7 Å². The molecule has 0 heterocycles. The summed E-state index contributed by atoms with van der Waals surface area (Å²) >= 11 is 3.18. The van der Waals surface area contributed by atoms with Crippen LogP contribution >= 0.6 is 15.9 Å². The Bertz CT molecular complexity index is 437. The average Bonchev–Trinajstić information content (AvgIpc) is 2.15. The Morgan fingerprint density at radius 1 is 1.53 bits per heavy atom. The minimum atomic E-state index is -0.994. The number of aliphatic carboxylic acids is 1. The molecule has 0 aromatic heterocycles. The van der Waals surface area contributed by atoms with Crippen molar-refractivity contribution in [2.45, 2.75) is 13.0 Å². The van der Waals surface area contributed by atoms with E-state index in [9.17, 15) is 4.79 Å². The van der Waals surface area contributed by atoms with Gasteiger partial charge in [0.25, 0.3) is 0 Å². The normalized spacial score (nSPS) is 9.67. The molecule has 0 atom stereocenters. The molecule has 0 unspecified atom stereocenters. The molecule has 15 heavy (non-hydrogen) atoms. The van der Waals surface area contributed by atoms with Crippen LogP contribution in [0.25, 0.3) is 0 Å². The first-order valence-corrected chi connectivity index (χ1v) is 4.91. The molecule has 4 nitrogen and oxygen atoms in total. The Labute approximate surface area is 94.9 Å². The predicted molar refractivity (Wildman–Crippen MR) is 56.1 cm³/mol. The lowest BCUT2D eigenvalue weighted by molar-refractivity contribution is -0.136. The van der Waals surface area contributed by atoms with Crippen molar-refractivity contribution in [3.05, 3.63) is 33.3 Å². The van der Waals surface area contributed by atoms with Crippen molar-refractivity contribution in [3.63, 3.8) is 0 Å². The van der Waals surface area contributed by atoms with Gasteiger partial charge >= 0.3 is 5.97 Å². The van der Waals surface area contributed by atoms with E-state index in [-0.39, 0.29) is 13.0 Å². The number of hydrogen-bond acceptors (Lipinski definition) is 3. The SMILES string of the molecule is N#Cc1cc(Br)cc(CC(=O)O)c1CO. The van der Waals surface area contributed by atoms with Gasteiger partial charge in [-0.2, -0.15) is 5.26 Å². The zero-order valence-corrected chi connectivity index (χ0v) is 9.28. The smallest absolute Gasteiger partial charge is 0.307 e. The molecule has 0 saturated carbocycles. The summed E-state index contributed by atoms with van der Waals surface area (Å²) in [6.45, 7) is -0.335. The molecule has 0 aliphatic carbocycles. The Balaban J connectivity index is 3.30. The summed E-state index contributed by atoms with van der Waals surface area (Å²) in [4.78, 5) is 10.6. The third-order valence-corrected chi connectivity index (χ3v) is 2.39. The highest BCUT2D eigenvalue weighted by molar-refractivity contribution is 9.10. The summed E-state index contributed by atoms with van der Waals surface area (Å²) in [6.07, 6.45) is -0.204. The molecule has 78 valence electrons. The molecule has 0 bridgehead atoms. The number of hydrogen-bond donors (Lipinski definition) is 2. The molecule has 0 fully saturated rings. The van der Waals surface area contributed by atoms with E-state index in [1.165, 1.54) is 0 Å². The molecule has 0 spiro atoms. The fraction of sp³-hybridized carbons (Fsp3) is 0.200. The van der Waals surface area contributed by atoms with Crippen molar-refractivity contribution in [2.75, 3.05) is 0 Å². The van der Waals surface area contributed by atoms with E-state index < -0.39 is 5.97 Å². The van der Waals surface area contributed by atoms with E-state index in [2.05, 4.69) is 15.9 Å². The van der Waals surface area contributed by atoms with E-state index in [1.807, 2.05) is 6.07 Å². The maximum atomic E-state index is 10.6. The summed E-state index contributed by atoms with van der Waals surface area (Å²) in [7, 11) is 0. The van der Waals surface area contributed by atoms with E-state index in [0.717, 1.165) is 0 Å². The number of nitriles is 1. The number of carboxylic acids is 1. The number of rotatable bonds is 3. The Morgan fingerprint density at radius 2 is 2.20 bits per heavy atom. The molecule has 0 amide bonds. The summed E-state index contributed by atoms with van der Waals surface area (Å²) < 4.78 is 0.632. The maximum absolute atomic E-state index is 10.6. The molecule has 1 aromatic rings. The first kappa shape index (κ1) is 11.7. The van der Waals surface area contributed by atoms with Crippen LogP contribution in [-0.2, 0) is 17.8 Å². The highest BCUT2D eigenvalue weighted by Crippen LogP contribution is 2.21. The number of aliphatic hydroxyl groups excluding tert-OH is 1. The van der Waals surface area contributed by atoms with E-state index >= 15 is 0 Å². The van der Waals surface area contributed by atoms with Crippen LogP contribution in [0, 0.1) is 11.3 Å². The lowest BCUT2D eigenvalue weighted by Crippen LogP contribution is -2.05. The average molecular weight is 270 g/mol. The van der Waals surface area contributed by atoms with Crippen LogP contribution in [0.5, 0.6) is 0 Å². The van der Waals surface area contributed by atoms with Crippen LogP contribution < -0.4 is 0 Å². The molecule has 0 saturated heterocycles. The maximum Gasteiger partial charge on any atom is 0.307 e. The Hall–Kier alpha value is -1.38. The van der Waals surface area contributed by atoms with Crippen molar-refractivity contribution in [3.8, 4) is 6.07 Å². The predicted octanol–water partition coefficient (Wildman–Crippen LogP) is 1.44. The second-order valence-electron chi connectivity index (χ2n) is 2.93. The standard InChI is InChI=1S/C10H8BrNO3/c11-8-1-6(3-10(14)15)9(5-13)7(2-8)4-12/h1-2,13H,3,5H2,(H,14,15). The van der Waals surface area contributed by atoms with Crippen LogP contribution in [0.4, 0.5) is 0 Å². The van der Waals surface area contributed by atoms with Crippen LogP contribution in [-0.4, -0.2) is 16.2 Å². The molecule has 1 rings (SSSR count). The zero-order chi connectivity index (χ0) is 11.4. The lowest BCUT2D eigenvalue weighted by atomic mass is 10.00. The summed E-state index contributed by atoms with van der Waals surface area (Å²) in [5.74, 6) is -0.994. The van der Waals surface area contributed by atoms with Crippen LogP contribution in [0.15, 0.2) is 16.6 Å². The van der Waals surface area contributed by atoms with Crippen molar-refractivity contribution in [1.29, 1.82) is 5.26 Å². The van der Waals surface area contributed by atoms with Gasteiger partial charge in [0, 0.05) is 4.47 Å². The van der Waals surface area contributed by atoms with Gasteiger partial charge < -0.3 is 10.2 Å². The topological polar surface area (TPSA) is 81.3 Å². The first-order chi connectivity index (χ1) is 7.08.